The molecule has 9 heteroatoms. The van der Waals surface area contributed by atoms with E-state index in [0.717, 1.165) is 6.42 Å². The Morgan fingerprint density at radius 1 is 1.10 bits per heavy atom. The normalized spacial score (nSPS) is 21.3. The number of hydrogen-bond acceptors (Lipinski definition) is 6. The van der Waals surface area contributed by atoms with Crippen molar-refractivity contribution in [3.63, 3.8) is 0 Å². The maximum atomic E-state index is 14.8. The summed E-state index contributed by atoms with van der Waals surface area (Å²) in [5, 5.41) is 20.1. The van der Waals surface area contributed by atoms with E-state index in [-0.39, 0.29) is 21.5 Å². The fourth-order valence-corrected chi connectivity index (χ4v) is 4.14. The van der Waals surface area contributed by atoms with Crippen LogP contribution in [-0.2, 0) is 0 Å². The molecule has 3 aromatic rings. The van der Waals surface area contributed by atoms with Crippen LogP contribution in [0.25, 0.3) is 22.2 Å². The van der Waals surface area contributed by atoms with Gasteiger partial charge in [0.25, 0.3) is 0 Å². The van der Waals surface area contributed by atoms with E-state index in [2.05, 4.69) is 9.97 Å². The molecule has 0 aliphatic heterocycles. The molecule has 0 bridgehead atoms. The molecule has 6 nitrogen and oxygen atoms in total. The molecule has 2 aromatic carbocycles. The number of aromatic nitrogens is 2. The molecule has 1 fully saturated rings. The van der Waals surface area contributed by atoms with Crippen LogP contribution in [0.4, 0.5) is 4.39 Å². The topological polar surface area (TPSA) is 84.7 Å². The Hall–Kier alpha value is -2.19. The SMILES string of the molecule is COc1cc2c(-c3ccc(Cl)c(Cl)c3F)ncnc2cc1OCC1CCC(O)C(O)C1. The smallest absolute Gasteiger partial charge is 0.163 e. The van der Waals surface area contributed by atoms with Crippen molar-refractivity contribution in [2.75, 3.05) is 13.7 Å². The molecule has 1 aromatic heterocycles. The van der Waals surface area contributed by atoms with E-state index >= 15 is 0 Å². The predicted octanol–water partition coefficient (Wildman–Crippen LogP) is 4.65. The second kappa shape index (κ2) is 9.12. The van der Waals surface area contributed by atoms with E-state index in [1.807, 2.05) is 0 Å². The van der Waals surface area contributed by atoms with Crippen molar-refractivity contribution in [1.29, 1.82) is 0 Å². The molecule has 1 heterocycles. The van der Waals surface area contributed by atoms with Gasteiger partial charge in [0.1, 0.15) is 6.33 Å². The Kier molecular flexibility index (Phi) is 6.48. The van der Waals surface area contributed by atoms with Gasteiger partial charge in [0.2, 0.25) is 0 Å². The number of fused-ring (bicyclic) bond motifs is 1. The van der Waals surface area contributed by atoms with Crippen LogP contribution in [0.3, 0.4) is 0 Å². The molecule has 4 rings (SSSR count). The number of aliphatic hydroxyl groups is 2. The number of methoxy groups -OCH3 is 1. The van der Waals surface area contributed by atoms with Crippen molar-refractivity contribution in [3.8, 4) is 22.8 Å². The summed E-state index contributed by atoms with van der Waals surface area (Å²) in [6.45, 7) is 0.366. The first-order valence-corrected chi connectivity index (χ1v) is 10.6. The maximum Gasteiger partial charge on any atom is 0.163 e. The number of halogens is 3. The zero-order valence-electron chi connectivity index (χ0n) is 16.7. The Balaban J connectivity index is 1.67. The fourth-order valence-electron chi connectivity index (χ4n) is 3.83. The monoisotopic (exact) mass is 466 g/mol. The molecule has 0 spiro atoms. The summed E-state index contributed by atoms with van der Waals surface area (Å²) in [5.74, 6) is 0.381. The van der Waals surface area contributed by atoms with Crippen molar-refractivity contribution in [2.45, 2.75) is 31.5 Å². The van der Waals surface area contributed by atoms with E-state index < -0.39 is 18.0 Å². The van der Waals surface area contributed by atoms with Crippen molar-refractivity contribution >= 4 is 34.1 Å². The van der Waals surface area contributed by atoms with Crippen LogP contribution in [0.2, 0.25) is 10.0 Å². The first kappa shape index (κ1) is 22.0. The van der Waals surface area contributed by atoms with Gasteiger partial charge in [-0.05, 0) is 43.4 Å². The van der Waals surface area contributed by atoms with Crippen molar-refractivity contribution in [1.82, 2.24) is 9.97 Å². The van der Waals surface area contributed by atoms with Gasteiger partial charge < -0.3 is 19.7 Å². The van der Waals surface area contributed by atoms with E-state index in [0.29, 0.717) is 47.5 Å². The van der Waals surface area contributed by atoms with Crippen LogP contribution in [0, 0.1) is 11.7 Å². The second-order valence-corrected chi connectivity index (χ2v) is 8.38. The van der Waals surface area contributed by atoms with Crippen LogP contribution < -0.4 is 9.47 Å². The van der Waals surface area contributed by atoms with Gasteiger partial charge in [0.05, 0.1) is 47.2 Å². The second-order valence-electron chi connectivity index (χ2n) is 7.59. The van der Waals surface area contributed by atoms with Gasteiger partial charge in [-0.25, -0.2) is 14.4 Å². The first-order valence-electron chi connectivity index (χ1n) is 9.84. The quantitative estimate of drug-likeness (QED) is 0.532. The molecule has 1 aliphatic carbocycles. The molecule has 3 atom stereocenters. The third kappa shape index (κ3) is 4.41. The van der Waals surface area contributed by atoms with Gasteiger partial charge in [-0.2, -0.15) is 0 Å². The Bertz CT molecular complexity index is 1110. The lowest BCUT2D eigenvalue weighted by molar-refractivity contribution is -0.0317. The fraction of sp³-hybridized carbons (Fsp3) is 0.364. The minimum absolute atomic E-state index is 0.116. The van der Waals surface area contributed by atoms with Crippen LogP contribution >= 0.6 is 23.2 Å². The van der Waals surface area contributed by atoms with Crippen LogP contribution in [-0.4, -0.2) is 46.1 Å². The minimum atomic E-state index is -0.739. The summed E-state index contributed by atoms with van der Waals surface area (Å²) in [6.07, 6.45) is 1.70. The zero-order chi connectivity index (χ0) is 22.1. The number of rotatable bonds is 5. The summed E-state index contributed by atoms with van der Waals surface area (Å²) in [4.78, 5) is 8.54. The maximum absolute atomic E-state index is 14.8. The van der Waals surface area contributed by atoms with Crippen molar-refractivity contribution < 1.29 is 24.1 Å². The molecule has 164 valence electrons. The molecule has 0 amide bonds. The summed E-state index contributed by atoms with van der Waals surface area (Å²) in [6, 6.07) is 6.44. The van der Waals surface area contributed by atoms with E-state index in [1.165, 1.54) is 25.6 Å². The highest BCUT2D eigenvalue weighted by Crippen LogP contribution is 2.39. The molecule has 0 saturated heterocycles. The van der Waals surface area contributed by atoms with Crippen molar-refractivity contribution in [2.24, 2.45) is 5.92 Å². The molecule has 31 heavy (non-hydrogen) atoms. The Morgan fingerprint density at radius 2 is 1.90 bits per heavy atom. The first-order chi connectivity index (χ1) is 14.9. The molecule has 1 aliphatic rings. The number of nitrogens with zero attached hydrogens (tertiary/aromatic N) is 2. The number of ether oxygens (including phenoxy) is 2. The highest BCUT2D eigenvalue weighted by atomic mass is 35.5. The van der Waals surface area contributed by atoms with Gasteiger partial charge in [-0.1, -0.05) is 23.2 Å². The predicted molar refractivity (Wildman–Crippen MR) is 116 cm³/mol. The standard InChI is InChI=1S/C22H21Cl2FN2O4/c1-30-18-7-13-15(8-19(18)31-9-11-2-5-16(28)17(29)6-11)26-10-27-22(13)12-3-4-14(23)20(24)21(12)25/h3-4,7-8,10-11,16-17,28-29H,2,5-6,9H2,1H3. The van der Waals surface area contributed by atoms with Gasteiger partial charge >= 0.3 is 0 Å². The van der Waals surface area contributed by atoms with Crippen LogP contribution in [0.5, 0.6) is 11.5 Å². The average Bonchev–Trinajstić information content (AvgIpc) is 2.77. The molecular formula is C22H21Cl2FN2O4. The van der Waals surface area contributed by atoms with Gasteiger partial charge in [-0.3, -0.25) is 0 Å². The largest absolute Gasteiger partial charge is 0.493 e. The van der Waals surface area contributed by atoms with E-state index in [1.54, 1.807) is 12.1 Å². The van der Waals surface area contributed by atoms with E-state index in [9.17, 15) is 14.6 Å². The van der Waals surface area contributed by atoms with Gasteiger partial charge in [0.15, 0.2) is 17.3 Å². The Labute approximate surface area is 188 Å². The third-order valence-corrected chi connectivity index (χ3v) is 6.36. The minimum Gasteiger partial charge on any atom is -0.493 e. The zero-order valence-corrected chi connectivity index (χ0v) is 18.2. The lowest BCUT2D eigenvalue weighted by Gasteiger charge is -2.30. The van der Waals surface area contributed by atoms with E-state index in [4.69, 9.17) is 32.7 Å². The highest BCUT2D eigenvalue weighted by molar-refractivity contribution is 6.42. The summed E-state index contributed by atoms with van der Waals surface area (Å²) < 4.78 is 26.2. The summed E-state index contributed by atoms with van der Waals surface area (Å²) in [5.41, 5.74) is 1.10. The lowest BCUT2D eigenvalue weighted by Crippen LogP contribution is -2.35. The molecule has 3 unspecified atom stereocenters. The average molecular weight is 467 g/mol. The number of benzene rings is 2. The van der Waals surface area contributed by atoms with Gasteiger partial charge in [-0.15, -0.1) is 0 Å². The Morgan fingerprint density at radius 3 is 2.65 bits per heavy atom. The lowest BCUT2D eigenvalue weighted by atomic mass is 9.86. The molecule has 1 saturated carbocycles. The number of hydrogen-bond donors (Lipinski definition) is 2. The molecule has 2 N–H and O–H groups in total. The van der Waals surface area contributed by atoms with Gasteiger partial charge in [0, 0.05) is 17.0 Å². The van der Waals surface area contributed by atoms with Crippen LogP contribution in [0.15, 0.2) is 30.6 Å². The van der Waals surface area contributed by atoms with Crippen LogP contribution in [0.1, 0.15) is 19.3 Å². The molecule has 0 radical (unpaired) electrons. The summed E-state index contributed by atoms with van der Waals surface area (Å²) in [7, 11) is 1.51. The summed E-state index contributed by atoms with van der Waals surface area (Å²) >= 11 is 11.9. The van der Waals surface area contributed by atoms with Crippen molar-refractivity contribution in [3.05, 3.63) is 46.5 Å². The molecular weight excluding hydrogens is 446 g/mol. The number of aliphatic hydroxyl groups excluding tert-OH is 2. The highest BCUT2D eigenvalue weighted by Gasteiger charge is 2.28. The third-order valence-electron chi connectivity index (χ3n) is 5.58.